The minimum absolute atomic E-state index is 0.217. The van der Waals surface area contributed by atoms with Gasteiger partial charge in [0.25, 0.3) is 0 Å². The lowest BCUT2D eigenvalue weighted by Crippen LogP contribution is -2.38. The van der Waals surface area contributed by atoms with E-state index >= 15 is 0 Å². The van der Waals surface area contributed by atoms with Crippen molar-refractivity contribution in [2.75, 3.05) is 6.54 Å². The standard InChI is InChI=1S/C12H21NO/c1-12(2)8-11(14)13(9-12)10-6-4-3-5-7-10/h10H,3-9H2,1-2H3. The van der Waals surface area contributed by atoms with Crippen LogP contribution in [0.1, 0.15) is 52.4 Å². The van der Waals surface area contributed by atoms with Crippen molar-refractivity contribution in [1.29, 1.82) is 0 Å². The third-order valence-electron chi connectivity index (χ3n) is 3.56. The van der Waals surface area contributed by atoms with Crippen LogP contribution in [0.3, 0.4) is 0 Å². The predicted molar refractivity (Wildman–Crippen MR) is 57.0 cm³/mol. The van der Waals surface area contributed by atoms with Gasteiger partial charge < -0.3 is 4.90 Å². The molecule has 2 nitrogen and oxygen atoms in total. The Hall–Kier alpha value is -0.530. The molecule has 14 heavy (non-hydrogen) atoms. The van der Waals surface area contributed by atoms with Gasteiger partial charge in [-0.3, -0.25) is 4.79 Å². The second-order valence-electron chi connectivity index (χ2n) is 5.65. The van der Waals surface area contributed by atoms with E-state index < -0.39 is 0 Å². The summed E-state index contributed by atoms with van der Waals surface area (Å²) >= 11 is 0. The van der Waals surface area contributed by atoms with Crippen LogP contribution in [0.2, 0.25) is 0 Å². The maximum absolute atomic E-state index is 11.8. The van der Waals surface area contributed by atoms with Gasteiger partial charge in [0.2, 0.25) is 5.91 Å². The van der Waals surface area contributed by atoms with Crippen LogP contribution in [0.15, 0.2) is 0 Å². The Labute approximate surface area is 86.7 Å². The summed E-state index contributed by atoms with van der Waals surface area (Å²) < 4.78 is 0. The highest BCUT2D eigenvalue weighted by molar-refractivity contribution is 5.79. The molecule has 2 heteroatoms. The molecule has 0 aromatic heterocycles. The monoisotopic (exact) mass is 195 g/mol. The molecule has 1 aliphatic heterocycles. The number of hydrogen-bond donors (Lipinski definition) is 0. The Balaban J connectivity index is 2.00. The first-order valence-electron chi connectivity index (χ1n) is 5.88. The van der Waals surface area contributed by atoms with E-state index in [0.29, 0.717) is 11.9 Å². The molecule has 0 N–H and O–H groups in total. The molecule has 1 saturated heterocycles. The van der Waals surface area contributed by atoms with Crippen LogP contribution in [0.5, 0.6) is 0 Å². The van der Waals surface area contributed by atoms with Gasteiger partial charge >= 0.3 is 0 Å². The van der Waals surface area contributed by atoms with Crippen LogP contribution in [-0.2, 0) is 4.79 Å². The van der Waals surface area contributed by atoms with E-state index in [1.54, 1.807) is 0 Å². The van der Waals surface area contributed by atoms with Crippen molar-refractivity contribution in [1.82, 2.24) is 4.90 Å². The van der Waals surface area contributed by atoms with Gasteiger partial charge in [-0.05, 0) is 18.3 Å². The van der Waals surface area contributed by atoms with Crippen molar-refractivity contribution in [2.45, 2.75) is 58.4 Å². The summed E-state index contributed by atoms with van der Waals surface area (Å²) in [6.07, 6.45) is 7.22. The Bertz CT molecular complexity index is 228. The first-order chi connectivity index (χ1) is 6.58. The number of likely N-dealkylation sites (tertiary alicyclic amines) is 1. The maximum Gasteiger partial charge on any atom is 0.223 e. The van der Waals surface area contributed by atoms with Crippen molar-refractivity contribution in [3.05, 3.63) is 0 Å². The number of carbonyl (C=O) groups excluding carboxylic acids is 1. The zero-order valence-electron chi connectivity index (χ0n) is 9.38. The first kappa shape index (κ1) is 10.0. The van der Waals surface area contributed by atoms with Gasteiger partial charge in [0.15, 0.2) is 0 Å². The van der Waals surface area contributed by atoms with Crippen LogP contribution >= 0.6 is 0 Å². The topological polar surface area (TPSA) is 20.3 Å². The van der Waals surface area contributed by atoms with Gasteiger partial charge in [-0.2, -0.15) is 0 Å². The molecule has 0 bridgehead atoms. The van der Waals surface area contributed by atoms with Crippen LogP contribution < -0.4 is 0 Å². The highest BCUT2D eigenvalue weighted by atomic mass is 16.2. The van der Waals surface area contributed by atoms with Gasteiger partial charge in [-0.1, -0.05) is 33.1 Å². The molecular weight excluding hydrogens is 174 g/mol. The van der Waals surface area contributed by atoms with E-state index in [1.807, 2.05) is 0 Å². The molecule has 0 spiro atoms. The average molecular weight is 195 g/mol. The van der Waals surface area contributed by atoms with Crippen molar-refractivity contribution < 1.29 is 4.79 Å². The lowest BCUT2D eigenvalue weighted by Gasteiger charge is -2.32. The molecule has 0 atom stereocenters. The van der Waals surface area contributed by atoms with Gasteiger partial charge in [-0.15, -0.1) is 0 Å². The number of carbonyl (C=O) groups is 1. The number of hydrogen-bond acceptors (Lipinski definition) is 1. The Morgan fingerprint density at radius 2 is 1.86 bits per heavy atom. The molecule has 0 radical (unpaired) electrons. The number of rotatable bonds is 1. The summed E-state index contributed by atoms with van der Waals surface area (Å²) in [5.41, 5.74) is 0.217. The summed E-state index contributed by atoms with van der Waals surface area (Å²) in [7, 11) is 0. The summed E-state index contributed by atoms with van der Waals surface area (Å²) in [5.74, 6) is 0.391. The van der Waals surface area contributed by atoms with Crippen LogP contribution in [0.25, 0.3) is 0 Å². The number of amides is 1. The van der Waals surface area contributed by atoms with E-state index in [-0.39, 0.29) is 5.41 Å². The number of nitrogens with zero attached hydrogens (tertiary/aromatic N) is 1. The molecule has 1 amide bonds. The van der Waals surface area contributed by atoms with Crippen LogP contribution in [-0.4, -0.2) is 23.4 Å². The SMILES string of the molecule is CC1(C)CC(=O)N(C2CCCCC2)C1. The van der Waals surface area contributed by atoms with Gasteiger partial charge in [0.05, 0.1) is 0 Å². The fraction of sp³-hybridized carbons (Fsp3) is 0.917. The largest absolute Gasteiger partial charge is 0.339 e. The fourth-order valence-corrected chi connectivity index (χ4v) is 2.84. The molecule has 1 saturated carbocycles. The minimum Gasteiger partial charge on any atom is -0.339 e. The second kappa shape index (κ2) is 3.56. The van der Waals surface area contributed by atoms with Gasteiger partial charge in [0, 0.05) is 19.0 Å². The van der Waals surface area contributed by atoms with Crippen LogP contribution in [0, 0.1) is 5.41 Å². The highest BCUT2D eigenvalue weighted by Crippen LogP contribution is 2.34. The zero-order valence-corrected chi connectivity index (χ0v) is 9.38. The molecule has 0 aromatic rings. The third kappa shape index (κ3) is 1.94. The van der Waals surface area contributed by atoms with E-state index in [0.717, 1.165) is 13.0 Å². The zero-order chi connectivity index (χ0) is 10.2. The molecular formula is C12H21NO. The molecule has 2 fully saturated rings. The Kier molecular flexibility index (Phi) is 2.54. The third-order valence-corrected chi connectivity index (χ3v) is 3.56. The lowest BCUT2D eigenvalue weighted by atomic mass is 9.92. The molecule has 0 unspecified atom stereocenters. The Morgan fingerprint density at radius 3 is 2.36 bits per heavy atom. The van der Waals surface area contributed by atoms with E-state index in [9.17, 15) is 4.79 Å². The molecule has 0 aromatic carbocycles. The highest BCUT2D eigenvalue weighted by Gasteiger charge is 2.39. The predicted octanol–water partition coefficient (Wildman–Crippen LogP) is 2.58. The quantitative estimate of drug-likeness (QED) is 0.629. The van der Waals surface area contributed by atoms with Crippen molar-refractivity contribution in [2.24, 2.45) is 5.41 Å². The van der Waals surface area contributed by atoms with Crippen molar-refractivity contribution >= 4 is 5.91 Å². The van der Waals surface area contributed by atoms with Gasteiger partial charge in [0.1, 0.15) is 0 Å². The van der Waals surface area contributed by atoms with Crippen molar-refractivity contribution in [3.63, 3.8) is 0 Å². The Morgan fingerprint density at radius 1 is 1.21 bits per heavy atom. The first-order valence-corrected chi connectivity index (χ1v) is 5.88. The van der Waals surface area contributed by atoms with Crippen LogP contribution in [0.4, 0.5) is 0 Å². The molecule has 1 aliphatic carbocycles. The molecule has 80 valence electrons. The van der Waals surface area contributed by atoms with E-state index in [2.05, 4.69) is 18.7 Å². The molecule has 2 rings (SSSR count). The second-order valence-corrected chi connectivity index (χ2v) is 5.65. The maximum atomic E-state index is 11.8. The lowest BCUT2D eigenvalue weighted by molar-refractivity contribution is -0.130. The normalized spacial score (nSPS) is 28.4. The summed E-state index contributed by atoms with van der Waals surface area (Å²) in [4.78, 5) is 14.0. The molecule has 1 heterocycles. The summed E-state index contributed by atoms with van der Waals surface area (Å²) in [5, 5.41) is 0. The van der Waals surface area contributed by atoms with Crippen molar-refractivity contribution in [3.8, 4) is 0 Å². The summed E-state index contributed by atoms with van der Waals surface area (Å²) in [6.45, 7) is 5.39. The average Bonchev–Trinajstić information content (AvgIpc) is 2.41. The van der Waals surface area contributed by atoms with E-state index in [4.69, 9.17) is 0 Å². The minimum atomic E-state index is 0.217. The van der Waals surface area contributed by atoms with Gasteiger partial charge in [-0.25, -0.2) is 0 Å². The summed E-state index contributed by atoms with van der Waals surface area (Å²) in [6, 6.07) is 0.568. The fourth-order valence-electron chi connectivity index (χ4n) is 2.84. The smallest absolute Gasteiger partial charge is 0.223 e. The molecule has 2 aliphatic rings. The van der Waals surface area contributed by atoms with E-state index in [1.165, 1.54) is 32.1 Å².